The minimum atomic E-state index is 0.281. The van der Waals surface area contributed by atoms with Gasteiger partial charge in [-0.15, -0.1) is 0 Å². The zero-order valence-electron chi connectivity index (χ0n) is 10.2. The second kappa shape index (κ2) is 5.39. The highest BCUT2D eigenvalue weighted by molar-refractivity contribution is 5.45. The van der Waals surface area contributed by atoms with Gasteiger partial charge >= 0.3 is 0 Å². The lowest BCUT2D eigenvalue weighted by Crippen LogP contribution is -2.06. The van der Waals surface area contributed by atoms with Crippen LogP contribution in [0.5, 0.6) is 5.75 Å². The second-order valence-electron chi connectivity index (χ2n) is 4.01. The van der Waals surface area contributed by atoms with Crippen LogP contribution in [0.1, 0.15) is 18.5 Å². The Hall–Kier alpha value is -1.96. The molecule has 0 bridgehead atoms. The summed E-state index contributed by atoms with van der Waals surface area (Å²) < 4.78 is 5.15. The molecule has 0 spiro atoms. The molecule has 0 aliphatic rings. The molecule has 0 radical (unpaired) electrons. The van der Waals surface area contributed by atoms with Gasteiger partial charge in [-0.3, -0.25) is 0 Å². The normalized spacial score (nSPS) is 11.9. The van der Waals surface area contributed by atoms with E-state index in [2.05, 4.69) is 36.5 Å². The lowest BCUT2D eigenvalue weighted by Gasteiger charge is -2.15. The molecule has 1 N–H and O–H groups in total. The largest absolute Gasteiger partial charge is 0.497 e. The van der Waals surface area contributed by atoms with Crippen LogP contribution in [0, 0.1) is 0 Å². The maximum absolute atomic E-state index is 5.15. The maximum Gasteiger partial charge on any atom is 0.118 e. The first-order chi connectivity index (χ1) is 8.29. The van der Waals surface area contributed by atoms with Gasteiger partial charge in [0.1, 0.15) is 5.75 Å². The summed E-state index contributed by atoms with van der Waals surface area (Å²) in [7, 11) is 1.68. The average Bonchev–Trinajstić information content (AvgIpc) is 2.40. The molecule has 0 unspecified atom stereocenters. The van der Waals surface area contributed by atoms with Gasteiger partial charge in [0.2, 0.25) is 0 Å². The first-order valence-corrected chi connectivity index (χ1v) is 5.75. The van der Waals surface area contributed by atoms with Gasteiger partial charge in [0.15, 0.2) is 0 Å². The molecule has 0 amide bonds. The Morgan fingerprint density at radius 1 is 0.941 bits per heavy atom. The summed E-state index contributed by atoms with van der Waals surface area (Å²) in [5.74, 6) is 0.890. The van der Waals surface area contributed by atoms with Crippen molar-refractivity contribution in [3.63, 3.8) is 0 Å². The van der Waals surface area contributed by atoms with E-state index in [0.29, 0.717) is 0 Å². The van der Waals surface area contributed by atoms with Crippen LogP contribution in [0.15, 0.2) is 54.6 Å². The van der Waals surface area contributed by atoms with E-state index < -0.39 is 0 Å². The van der Waals surface area contributed by atoms with Crippen molar-refractivity contribution in [2.45, 2.75) is 13.0 Å². The van der Waals surface area contributed by atoms with Crippen molar-refractivity contribution in [3.8, 4) is 5.75 Å². The molecule has 0 saturated heterocycles. The van der Waals surface area contributed by atoms with Gasteiger partial charge in [0, 0.05) is 11.7 Å². The van der Waals surface area contributed by atoms with Crippen LogP contribution < -0.4 is 10.1 Å². The Bertz CT molecular complexity index is 450. The van der Waals surface area contributed by atoms with E-state index in [1.165, 1.54) is 5.56 Å². The highest BCUT2D eigenvalue weighted by atomic mass is 16.5. The topological polar surface area (TPSA) is 21.3 Å². The summed E-state index contributed by atoms with van der Waals surface area (Å²) in [6.07, 6.45) is 0. The van der Waals surface area contributed by atoms with Gasteiger partial charge in [-0.05, 0) is 36.8 Å². The molecule has 88 valence electrons. The van der Waals surface area contributed by atoms with E-state index in [-0.39, 0.29) is 6.04 Å². The van der Waals surface area contributed by atoms with E-state index in [1.54, 1.807) is 7.11 Å². The smallest absolute Gasteiger partial charge is 0.118 e. The SMILES string of the molecule is COc1ccc([C@H](C)Nc2ccccc2)cc1. The molecule has 2 rings (SSSR count). The monoisotopic (exact) mass is 227 g/mol. The second-order valence-corrected chi connectivity index (χ2v) is 4.01. The zero-order chi connectivity index (χ0) is 12.1. The van der Waals surface area contributed by atoms with E-state index in [9.17, 15) is 0 Å². The number of hydrogen-bond acceptors (Lipinski definition) is 2. The predicted molar refractivity (Wildman–Crippen MR) is 71.5 cm³/mol. The van der Waals surface area contributed by atoms with Crippen LogP contribution in [-0.4, -0.2) is 7.11 Å². The molecule has 2 aromatic rings. The highest BCUT2D eigenvalue weighted by Gasteiger charge is 2.04. The van der Waals surface area contributed by atoms with Crippen LogP contribution in [0.3, 0.4) is 0 Å². The van der Waals surface area contributed by atoms with Gasteiger partial charge in [0.05, 0.1) is 7.11 Å². The van der Waals surface area contributed by atoms with Gasteiger partial charge in [-0.25, -0.2) is 0 Å². The fourth-order valence-electron chi connectivity index (χ4n) is 1.76. The number of methoxy groups -OCH3 is 1. The summed E-state index contributed by atoms with van der Waals surface area (Å²) in [4.78, 5) is 0. The number of hydrogen-bond donors (Lipinski definition) is 1. The Labute approximate surface area is 102 Å². The number of para-hydroxylation sites is 1. The number of anilines is 1. The molecule has 17 heavy (non-hydrogen) atoms. The minimum absolute atomic E-state index is 0.281. The van der Waals surface area contributed by atoms with Crippen LogP contribution in [-0.2, 0) is 0 Å². The van der Waals surface area contributed by atoms with Gasteiger partial charge < -0.3 is 10.1 Å². The van der Waals surface area contributed by atoms with Crippen molar-refractivity contribution in [2.24, 2.45) is 0 Å². The van der Waals surface area contributed by atoms with E-state index in [1.807, 2.05) is 30.3 Å². The molecule has 0 saturated carbocycles. The van der Waals surface area contributed by atoms with Crippen LogP contribution in [0.25, 0.3) is 0 Å². The van der Waals surface area contributed by atoms with Crippen LogP contribution >= 0.6 is 0 Å². The maximum atomic E-state index is 5.15. The summed E-state index contributed by atoms with van der Waals surface area (Å²) in [6.45, 7) is 2.15. The van der Waals surface area contributed by atoms with Gasteiger partial charge in [-0.1, -0.05) is 30.3 Å². The lowest BCUT2D eigenvalue weighted by atomic mass is 10.1. The van der Waals surface area contributed by atoms with E-state index in [0.717, 1.165) is 11.4 Å². The molecule has 2 heteroatoms. The van der Waals surface area contributed by atoms with Gasteiger partial charge in [-0.2, -0.15) is 0 Å². The van der Waals surface area contributed by atoms with Crippen molar-refractivity contribution in [3.05, 3.63) is 60.2 Å². The summed E-state index contributed by atoms with van der Waals surface area (Å²) >= 11 is 0. The molecule has 0 aliphatic carbocycles. The third-order valence-corrected chi connectivity index (χ3v) is 2.77. The molecule has 2 aromatic carbocycles. The molecule has 0 aromatic heterocycles. The first kappa shape index (κ1) is 11.5. The van der Waals surface area contributed by atoms with E-state index in [4.69, 9.17) is 4.74 Å². The number of nitrogens with one attached hydrogen (secondary N) is 1. The summed E-state index contributed by atoms with van der Waals surface area (Å²) in [5.41, 5.74) is 2.38. The molecule has 0 heterocycles. The third-order valence-electron chi connectivity index (χ3n) is 2.77. The fourth-order valence-corrected chi connectivity index (χ4v) is 1.76. The number of benzene rings is 2. The van der Waals surface area contributed by atoms with Crippen molar-refractivity contribution in [2.75, 3.05) is 12.4 Å². The van der Waals surface area contributed by atoms with Crippen molar-refractivity contribution in [1.82, 2.24) is 0 Å². The molecule has 2 nitrogen and oxygen atoms in total. The average molecular weight is 227 g/mol. The highest BCUT2D eigenvalue weighted by Crippen LogP contribution is 2.21. The van der Waals surface area contributed by atoms with Crippen molar-refractivity contribution >= 4 is 5.69 Å². The number of rotatable bonds is 4. The molecule has 0 fully saturated rings. The zero-order valence-corrected chi connectivity index (χ0v) is 10.2. The van der Waals surface area contributed by atoms with Crippen molar-refractivity contribution < 1.29 is 4.74 Å². The van der Waals surface area contributed by atoms with Crippen molar-refractivity contribution in [1.29, 1.82) is 0 Å². The quantitative estimate of drug-likeness (QED) is 0.856. The summed E-state index contributed by atoms with van der Waals surface area (Å²) in [6, 6.07) is 18.6. The first-order valence-electron chi connectivity index (χ1n) is 5.75. The van der Waals surface area contributed by atoms with E-state index >= 15 is 0 Å². The summed E-state index contributed by atoms with van der Waals surface area (Å²) in [5, 5.41) is 3.45. The predicted octanol–water partition coefficient (Wildman–Crippen LogP) is 3.87. The fraction of sp³-hybridized carbons (Fsp3) is 0.200. The molecule has 0 aliphatic heterocycles. The van der Waals surface area contributed by atoms with Gasteiger partial charge in [0.25, 0.3) is 0 Å². The Morgan fingerprint density at radius 2 is 1.59 bits per heavy atom. The Morgan fingerprint density at radius 3 is 2.18 bits per heavy atom. The van der Waals surface area contributed by atoms with Crippen LogP contribution in [0.4, 0.5) is 5.69 Å². The third kappa shape index (κ3) is 3.00. The Balaban J connectivity index is 2.06. The minimum Gasteiger partial charge on any atom is -0.497 e. The lowest BCUT2D eigenvalue weighted by molar-refractivity contribution is 0.414. The molecule has 1 atom stereocenters. The molecular formula is C15H17NO. The molecular weight excluding hydrogens is 210 g/mol. The number of ether oxygens (including phenoxy) is 1. The standard InChI is InChI=1S/C15H17NO/c1-12(16-14-6-4-3-5-7-14)13-8-10-15(17-2)11-9-13/h3-12,16H,1-2H3/t12-/m0/s1. The Kier molecular flexibility index (Phi) is 3.66. The van der Waals surface area contributed by atoms with Crippen LogP contribution in [0.2, 0.25) is 0 Å².